The molecular weight excluding hydrogens is 541 g/mol. The number of hydrogen-bond acceptors (Lipinski definition) is 3. The minimum atomic E-state index is -6.49. The Kier molecular flexibility index (Phi) is 6.65. The summed E-state index contributed by atoms with van der Waals surface area (Å²) in [5.41, 5.74) is 0.581. The van der Waals surface area contributed by atoms with Crippen LogP contribution in [0.4, 0.5) is 40.8 Å². The van der Waals surface area contributed by atoms with Crippen molar-refractivity contribution in [1.82, 2.24) is 0 Å². The molecule has 0 bridgehead atoms. The lowest BCUT2D eigenvalue weighted by Gasteiger charge is -2.31. The normalized spacial score (nSPS) is 14.3. The molecule has 1 aromatic rings. The van der Waals surface area contributed by atoms with Gasteiger partial charge in [0, 0.05) is 22.6 Å². The van der Waals surface area contributed by atoms with Gasteiger partial charge in [-0.05, 0) is 49.9 Å². The van der Waals surface area contributed by atoms with Gasteiger partial charge >= 0.3 is 31.4 Å². The van der Waals surface area contributed by atoms with Crippen molar-refractivity contribution < 1.29 is 48.3 Å². The van der Waals surface area contributed by atoms with Gasteiger partial charge in [0.1, 0.15) is 0 Å². The number of hydrogen-bond donors (Lipinski definition) is 1. The van der Waals surface area contributed by atoms with Gasteiger partial charge in [0.25, 0.3) is 0 Å². The number of aryl methyl sites for hydroxylation is 2. The van der Waals surface area contributed by atoms with E-state index in [2.05, 4.69) is 4.74 Å². The van der Waals surface area contributed by atoms with Crippen LogP contribution in [0.2, 0.25) is 0 Å². The standard InChI is InChI=1S/C14H14F8INO3S/c1-6-5-7(2)9(4)10(8(6)3)24-28(25,26)14(21,22)13(19,20)27-12(17,18)11(15,16)23/h5,24H,1-4H3. The van der Waals surface area contributed by atoms with Crippen molar-refractivity contribution in [2.45, 2.75) is 49.1 Å². The van der Waals surface area contributed by atoms with E-state index >= 15 is 0 Å². The molecule has 0 aliphatic carbocycles. The monoisotopic (exact) mass is 555 g/mol. The molecule has 14 heteroatoms. The fourth-order valence-corrected chi connectivity index (χ4v) is 3.17. The lowest BCUT2D eigenvalue weighted by atomic mass is 9.99. The van der Waals surface area contributed by atoms with Crippen molar-refractivity contribution in [1.29, 1.82) is 0 Å². The lowest BCUT2D eigenvalue weighted by Crippen LogP contribution is -2.56. The van der Waals surface area contributed by atoms with E-state index in [0.717, 1.165) is 0 Å². The van der Waals surface area contributed by atoms with Gasteiger partial charge in [-0.2, -0.15) is 43.5 Å². The highest BCUT2D eigenvalue weighted by atomic mass is 127. The van der Waals surface area contributed by atoms with E-state index in [0.29, 0.717) is 11.1 Å². The van der Waals surface area contributed by atoms with Gasteiger partial charge in [-0.15, -0.1) is 0 Å². The van der Waals surface area contributed by atoms with Crippen LogP contribution in [0.15, 0.2) is 6.07 Å². The Hall–Kier alpha value is -0.900. The number of ether oxygens (including phenoxy) is 1. The maximum Gasteiger partial charge on any atom is 0.453 e. The van der Waals surface area contributed by atoms with Gasteiger partial charge in [-0.3, -0.25) is 4.72 Å². The molecule has 28 heavy (non-hydrogen) atoms. The van der Waals surface area contributed by atoms with Gasteiger partial charge in [0.15, 0.2) is 0 Å². The number of halogens is 9. The van der Waals surface area contributed by atoms with Gasteiger partial charge in [0.2, 0.25) is 0 Å². The summed E-state index contributed by atoms with van der Waals surface area (Å²) in [7, 11) is -6.41. The fraction of sp³-hybridized carbons (Fsp3) is 0.571. The lowest BCUT2D eigenvalue weighted by molar-refractivity contribution is -0.438. The Morgan fingerprint density at radius 3 is 1.61 bits per heavy atom. The molecule has 0 spiro atoms. The summed E-state index contributed by atoms with van der Waals surface area (Å²) in [5.74, 6) is 0. The number of nitrogens with one attached hydrogen (secondary N) is 1. The summed E-state index contributed by atoms with van der Waals surface area (Å²) in [4.78, 5) is 0. The van der Waals surface area contributed by atoms with Gasteiger partial charge in [0.05, 0.1) is 5.69 Å². The minimum Gasteiger partial charge on any atom is -0.278 e. The smallest absolute Gasteiger partial charge is 0.278 e. The second kappa shape index (κ2) is 7.41. The van der Waals surface area contributed by atoms with Crippen molar-refractivity contribution in [2.75, 3.05) is 4.72 Å². The minimum absolute atomic E-state index is 0.107. The summed E-state index contributed by atoms with van der Waals surface area (Å²) in [6, 6.07) is 1.57. The number of rotatable bonds is 7. The first-order valence-electron chi connectivity index (χ1n) is 7.18. The summed E-state index contributed by atoms with van der Waals surface area (Å²) >= 11 is -0.309. The molecule has 4 nitrogen and oxygen atoms in total. The molecule has 0 saturated heterocycles. The molecule has 0 amide bonds. The molecule has 1 N–H and O–H groups in total. The predicted octanol–water partition coefficient (Wildman–Crippen LogP) is 5.48. The molecule has 0 saturated carbocycles. The Morgan fingerprint density at radius 1 is 0.857 bits per heavy atom. The zero-order valence-corrected chi connectivity index (χ0v) is 17.6. The van der Waals surface area contributed by atoms with Crippen LogP contribution in [0.5, 0.6) is 0 Å². The SMILES string of the molecule is Cc1cc(C)c(C)c(NS(=O)(=O)C(F)(F)C(F)(F)OC(F)(F)C(F)(F)I)c1C. The molecular formula is C14H14F8INO3S. The molecule has 0 atom stereocenters. The summed E-state index contributed by atoms with van der Waals surface area (Å²) in [5, 5.41) is -6.32. The molecule has 0 aliphatic rings. The zero-order valence-electron chi connectivity index (χ0n) is 14.6. The van der Waals surface area contributed by atoms with E-state index in [4.69, 9.17) is 0 Å². The molecule has 1 rings (SSSR count). The highest BCUT2D eigenvalue weighted by Gasteiger charge is 2.73. The molecule has 0 unspecified atom stereocenters. The quantitative estimate of drug-likeness (QED) is 0.276. The average molecular weight is 555 g/mol. The van der Waals surface area contributed by atoms with E-state index < -0.39 is 37.1 Å². The fourth-order valence-electron chi connectivity index (χ4n) is 2.00. The topological polar surface area (TPSA) is 55.4 Å². The third-order valence-electron chi connectivity index (χ3n) is 3.87. The van der Waals surface area contributed by atoms with Crippen molar-refractivity contribution in [3.05, 3.63) is 28.3 Å². The largest absolute Gasteiger partial charge is 0.453 e. The zero-order chi connectivity index (χ0) is 22.5. The molecule has 1 aromatic carbocycles. The van der Waals surface area contributed by atoms with Crippen LogP contribution in [0, 0.1) is 27.7 Å². The number of sulfonamides is 1. The van der Waals surface area contributed by atoms with Gasteiger partial charge < -0.3 is 0 Å². The highest BCUT2D eigenvalue weighted by Crippen LogP contribution is 2.49. The summed E-state index contributed by atoms with van der Waals surface area (Å²) in [6.45, 7) is 5.57. The van der Waals surface area contributed by atoms with Crippen molar-refractivity contribution in [3.63, 3.8) is 0 Å². The first-order chi connectivity index (χ1) is 12.2. The van der Waals surface area contributed by atoms with E-state index in [1.54, 1.807) is 6.07 Å². The third kappa shape index (κ3) is 4.47. The van der Waals surface area contributed by atoms with Gasteiger partial charge in [-0.25, -0.2) is 4.74 Å². The Bertz CT molecular complexity index is 842. The number of benzene rings is 1. The van der Waals surface area contributed by atoms with E-state index in [-0.39, 0.29) is 33.7 Å². The van der Waals surface area contributed by atoms with E-state index in [1.165, 1.54) is 32.4 Å². The molecule has 0 aromatic heterocycles. The van der Waals surface area contributed by atoms with Crippen molar-refractivity contribution >= 4 is 38.3 Å². The van der Waals surface area contributed by atoms with Crippen molar-refractivity contribution in [3.8, 4) is 0 Å². The molecule has 0 radical (unpaired) electrons. The molecule has 162 valence electrons. The second-order valence-corrected chi connectivity index (χ2v) is 8.97. The van der Waals surface area contributed by atoms with Gasteiger partial charge in [-0.1, -0.05) is 6.07 Å². The van der Waals surface area contributed by atoms with Crippen LogP contribution in [0.3, 0.4) is 0 Å². The molecule has 0 fully saturated rings. The first-order valence-corrected chi connectivity index (χ1v) is 9.74. The van der Waals surface area contributed by atoms with Crippen molar-refractivity contribution in [2.24, 2.45) is 0 Å². The first kappa shape index (κ1) is 25.1. The maximum absolute atomic E-state index is 13.9. The van der Waals surface area contributed by atoms with E-state index in [1.807, 2.05) is 0 Å². The molecule has 0 heterocycles. The van der Waals surface area contributed by atoms with Crippen LogP contribution < -0.4 is 4.72 Å². The van der Waals surface area contributed by atoms with Crippen LogP contribution >= 0.6 is 22.6 Å². The van der Waals surface area contributed by atoms with E-state index in [9.17, 15) is 43.5 Å². The number of alkyl halides is 9. The maximum atomic E-state index is 13.9. The molecule has 0 aliphatic heterocycles. The summed E-state index contributed by atoms with van der Waals surface area (Å²) < 4.78 is 128. The number of anilines is 1. The van der Waals surface area contributed by atoms with Crippen LogP contribution in [-0.4, -0.2) is 29.8 Å². The van der Waals surface area contributed by atoms with Crippen LogP contribution in [0.1, 0.15) is 22.3 Å². The average Bonchev–Trinajstić information content (AvgIpc) is 2.47. The highest BCUT2D eigenvalue weighted by molar-refractivity contribution is 14.1. The van der Waals surface area contributed by atoms with Crippen LogP contribution in [-0.2, 0) is 14.8 Å². The van der Waals surface area contributed by atoms with Crippen LogP contribution in [0.25, 0.3) is 0 Å². The Morgan fingerprint density at radius 2 is 1.25 bits per heavy atom. The third-order valence-corrected chi connectivity index (χ3v) is 5.88. The second-order valence-electron chi connectivity index (χ2n) is 5.89. The Balaban J connectivity index is 3.41. The predicted molar refractivity (Wildman–Crippen MR) is 92.8 cm³/mol. The summed E-state index contributed by atoms with van der Waals surface area (Å²) in [6.07, 6.45) is -12.6. The Labute approximate surface area is 168 Å².